The number of methoxy groups -OCH3 is 1. The second kappa shape index (κ2) is 8.15. The zero-order valence-electron chi connectivity index (χ0n) is 18.6. The number of aromatic hydroxyl groups is 1. The molecular weight excluding hydrogens is 408 g/mol. The summed E-state index contributed by atoms with van der Waals surface area (Å²) in [7, 11) is 1.67. The highest BCUT2D eigenvalue weighted by Gasteiger charge is 2.48. The fourth-order valence-corrected chi connectivity index (χ4v) is 5.42. The number of phenols is 1. The molecule has 1 spiro atoms. The topological polar surface area (TPSA) is 63.1 Å². The van der Waals surface area contributed by atoms with Crippen molar-refractivity contribution in [2.24, 2.45) is 4.99 Å². The van der Waals surface area contributed by atoms with Crippen LogP contribution < -0.4 is 14.8 Å². The van der Waals surface area contributed by atoms with Gasteiger partial charge in [-0.05, 0) is 44.5 Å². The Morgan fingerprint density at radius 2 is 2.03 bits per heavy atom. The number of benzene rings is 2. The summed E-state index contributed by atoms with van der Waals surface area (Å²) in [6.45, 7) is 10.1. The Hall–Kier alpha value is -2.60. The van der Waals surface area contributed by atoms with Crippen LogP contribution in [0.15, 0.2) is 54.0 Å². The van der Waals surface area contributed by atoms with Gasteiger partial charge >= 0.3 is 0 Å². The minimum Gasteiger partial charge on any atom is -0.508 e. The zero-order valence-corrected chi connectivity index (χ0v) is 19.4. The van der Waals surface area contributed by atoms with Crippen molar-refractivity contribution >= 4 is 16.9 Å². The molecule has 0 aromatic heterocycles. The van der Waals surface area contributed by atoms with E-state index in [1.165, 1.54) is 5.56 Å². The monoisotopic (exact) mass is 438 g/mol. The van der Waals surface area contributed by atoms with Crippen LogP contribution in [-0.2, 0) is 0 Å². The van der Waals surface area contributed by atoms with E-state index in [4.69, 9.17) is 14.5 Å². The summed E-state index contributed by atoms with van der Waals surface area (Å²) in [5.74, 6) is 2.68. The SMILES string of the molecule is C=CCSC1=N[C@]2(C[C@@H](c3ccc(OC)cc3)c3ccc(O)c(C)c3O2)CC(C)(C)N1. The van der Waals surface area contributed by atoms with E-state index in [9.17, 15) is 5.11 Å². The highest BCUT2D eigenvalue weighted by atomic mass is 32.2. The molecule has 2 aromatic carbocycles. The standard InChI is InChI=1S/C25H30N2O3S/c1-6-13-31-23-26-24(3,4)15-25(27-23)14-20(17-7-9-18(29-5)10-8-17)19-11-12-21(28)16(2)22(19)30-25/h6-12,20,28H,1,13-15H2,2-5H3,(H,26,27)/t20-,25-/m0/s1. The highest BCUT2D eigenvalue weighted by molar-refractivity contribution is 8.13. The first kappa shape index (κ1) is 21.6. The fourth-order valence-electron chi connectivity index (χ4n) is 4.57. The van der Waals surface area contributed by atoms with Crippen LogP contribution in [0.5, 0.6) is 17.2 Å². The second-order valence-electron chi connectivity index (χ2n) is 8.91. The van der Waals surface area contributed by atoms with E-state index >= 15 is 0 Å². The molecule has 0 fully saturated rings. The summed E-state index contributed by atoms with van der Waals surface area (Å²) >= 11 is 1.63. The molecule has 0 bridgehead atoms. The van der Waals surface area contributed by atoms with E-state index < -0.39 is 5.72 Å². The number of phenolic OH excluding ortho intramolecular Hbond substituents is 1. The van der Waals surface area contributed by atoms with Gasteiger partial charge in [0.05, 0.1) is 7.11 Å². The Morgan fingerprint density at radius 1 is 1.29 bits per heavy atom. The molecule has 0 radical (unpaired) electrons. The molecule has 0 unspecified atom stereocenters. The summed E-state index contributed by atoms with van der Waals surface area (Å²) in [5.41, 5.74) is 2.12. The van der Waals surface area contributed by atoms with Gasteiger partial charge in [-0.15, -0.1) is 6.58 Å². The average molecular weight is 439 g/mol. The predicted octanol–water partition coefficient (Wildman–Crippen LogP) is 5.37. The number of hydrogen-bond acceptors (Lipinski definition) is 6. The third kappa shape index (κ3) is 4.26. The van der Waals surface area contributed by atoms with Crippen LogP contribution in [0.3, 0.4) is 0 Å². The third-order valence-electron chi connectivity index (χ3n) is 5.92. The number of thioether (sulfide) groups is 1. The summed E-state index contributed by atoms with van der Waals surface area (Å²) in [5, 5.41) is 14.8. The summed E-state index contributed by atoms with van der Waals surface area (Å²) in [4.78, 5) is 5.08. The summed E-state index contributed by atoms with van der Waals surface area (Å²) in [6.07, 6.45) is 3.32. The minimum atomic E-state index is -0.714. The summed E-state index contributed by atoms with van der Waals surface area (Å²) < 4.78 is 12.0. The Kier molecular flexibility index (Phi) is 5.69. The van der Waals surface area contributed by atoms with Crippen LogP contribution >= 0.6 is 11.8 Å². The maximum Gasteiger partial charge on any atom is 0.206 e. The van der Waals surface area contributed by atoms with Gasteiger partial charge in [0.15, 0.2) is 5.17 Å². The van der Waals surface area contributed by atoms with E-state index in [2.05, 4.69) is 37.9 Å². The molecule has 2 heterocycles. The van der Waals surface area contributed by atoms with Crippen molar-refractivity contribution in [3.63, 3.8) is 0 Å². The van der Waals surface area contributed by atoms with Crippen molar-refractivity contribution in [3.8, 4) is 17.2 Å². The fraction of sp³-hybridized carbons (Fsp3) is 0.400. The van der Waals surface area contributed by atoms with Crippen molar-refractivity contribution in [2.75, 3.05) is 12.9 Å². The van der Waals surface area contributed by atoms with Gasteiger partial charge in [-0.25, -0.2) is 4.99 Å². The van der Waals surface area contributed by atoms with Crippen LogP contribution in [0.1, 0.15) is 49.3 Å². The van der Waals surface area contributed by atoms with Crippen molar-refractivity contribution in [1.29, 1.82) is 0 Å². The second-order valence-corrected chi connectivity index (χ2v) is 9.92. The molecular formula is C25H30N2O3S. The molecule has 6 heteroatoms. The van der Waals surface area contributed by atoms with Crippen LogP contribution in [0.4, 0.5) is 0 Å². The lowest BCUT2D eigenvalue weighted by molar-refractivity contribution is 0.0126. The molecule has 0 aliphatic carbocycles. The first-order chi connectivity index (χ1) is 14.8. The molecule has 2 N–H and O–H groups in total. The number of nitrogens with one attached hydrogen (secondary N) is 1. The van der Waals surface area contributed by atoms with E-state index in [0.29, 0.717) is 0 Å². The third-order valence-corrected chi connectivity index (χ3v) is 6.79. The molecule has 4 rings (SSSR count). The number of fused-ring (bicyclic) bond motifs is 1. The molecule has 2 aliphatic heterocycles. The van der Waals surface area contributed by atoms with E-state index in [-0.39, 0.29) is 17.2 Å². The van der Waals surface area contributed by atoms with Crippen LogP contribution in [-0.4, -0.2) is 34.4 Å². The Balaban J connectivity index is 1.83. The lowest BCUT2D eigenvalue weighted by atomic mass is 9.77. The van der Waals surface area contributed by atoms with Crippen molar-refractivity contribution in [3.05, 3.63) is 65.7 Å². The van der Waals surface area contributed by atoms with Crippen LogP contribution in [0.2, 0.25) is 0 Å². The number of rotatable bonds is 4. The molecule has 0 saturated heterocycles. The quantitative estimate of drug-likeness (QED) is 0.629. The van der Waals surface area contributed by atoms with E-state index in [1.54, 1.807) is 24.9 Å². The normalized spacial score (nSPS) is 23.9. The molecule has 0 amide bonds. The number of amidine groups is 1. The van der Waals surface area contributed by atoms with Gasteiger partial charge in [0.1, 0.15) is 17.2 Å². The lowest BCUT2D eigenvalue weighted by Gasteiger charge is -2.47. The van der Waals surface area contributed by atoms with Crippen molar-refractivity contribution in [2.45, 2.75) is 50.8 Å². The molecule has 31 heavy (non-hydrogen) atoms. The first-order valence-corrected chi connectivity index (χ1v) is 11.5. The Bertz CT molecular complexity index is 1020. The van der Waals surface area contributed by atoms with Crippen molar-refractivity contribution < 1.29 is 14.6 Å². The zero-order chi connectivity index (χ0) is 22.2. The van der Waals surface area contributed by atoms with Gasteiger partial charge in [-0.3, -0.25) is 0 Å². The van der Waals surface area contributed by atoms with Gasteiger partial charge in [0.2, 0.25) is 5.72 Å². The molecule has 2 atom stereocenters. The molecule has 2 aliphatic rings. The van der Waals surface area contributed by atoms with Gasteiger partial charge in [-0.2, -0.15) is 0 Å². The first-order valence-electron chi connectivity index (χ1n) is 10.5. The average Bonchev–Trinajstić information content (AvgIpc) is 2.73. The van der Waals surface area contributed by atoms with Gasteiger partial charge in [0.25, 0.3) is 0 Å². The Labute approximate surface area is 188 Å². The maximum atomic E-state index is 10.4. The van der Waals surface area contributed by atoms with E-state index in [0.717, 1.165) is 46.4 Å². The number of aliphatic imine (C=N–C) groups is 1. The minimum absolute atomic E-state index is 0.0947. The Morgan fingerprint density at radius 3 is 2.71 bits per heavy atom. The van der Waals surface area contributed by atoms with Crippen molar-refractivity contribution in [1.82, 2.24) is 5.32 Å². The summed E-state index contributed by atoms with van der Waals surface area (Å²) in [6, 6.07) is 11.9. The molecule has 2 aromatic rings. The smallest absolute Gasteiger partial charge is 0.206 e. The van der Waals surface area contributed by atoms with Crippen LogP contribution in [0.25, 0.3) is 0 Å². The van der Waals surface area contributed by atoms with Gasteiger partial charge in [0, 0.05) is 41.2 Å². The molecule has 5 nitrogen and oxygen atoms in total. The van der Waals surface area contributed by atoms with E-state index in [1.807, 2.05) is 31.2 Å². The van der Waals surface area contributed by atoms with Crippen LogP contribution in [0, 0.1) is 6.92 Å². The highest BCUT2D eigenvalue weighted by Crippen LogP contribution is 2.51. The molecule has 0 saturated carbocycles. The maximum absolute atomic E-state index is 10.4. The van der Waals surface area contributed by atoms with Gasteiger partial charge < -0.3 is 19.9 Å². The van der Waals surface area contributed by atoms with Gasteiger partial charge in [-0.1, -0.05) is 36.0 Å². The molecule has 164 valence electrons. The number of ether oxygens (including phenoxy) is 2. The largest absolute Gasteiger partial charge is 0.508 e. The number of nitrogens with zero attached hydrogens (tertiary/aromatic N) is 1. The number of hydrogen-bond donors (Lipinski definition) is 2. The lowest BCUT2D eigenvalue weighted by Crippen LogP contribution is -2.57. The predicted molar refractivity (Wildman–Crippen MR) is 128 cm³/mol.